The molecule has 1 aromatic carbocycles. The number of carbonyl (C=O) groups is 1. The predicted molar refractivity (Wildman–Crippen MR) is 191 cm³/mol. The van der Waals surface area contributed by atoms with Gasteiger partial charge in [-0.2, -0.15) is 5.10 Å². The normalized spacial score (nSPS) is 27.0. The zero-order valence-electron chi connectivity index (χ0n) is 29.5. The van der Waals surface area contributed by atoms with Crippen molar-refractivity contribution >= 4 is 17.8 Å². The topological polar surface area (TPSA) is 102 Å². The van der Waals surface area contributed by atoms with E-state index in [-0.39, 0.29) is 23.7 Å². The van der Waals surface area contributed by atoms with Crippen molar-refractivity contribution in [2.24, 2.45) is 0 Å². The Bertz CT molecular complexity index is 1710. The van der Waals surface area contributed by atoms with Gasteiger partial charge in [0.2, 0.25) is 0 Å². The van der Waals surface area contributed by atoms with Gasteiger partial charge in [0.25, 0.3) is 0 Å². The Morgan fingerprint density at radius 2 is 1.71 bits per heavy atom. The third-order valence-electron chi connectivity index (χ3n) is 10.9. The van der Waals surface area contributed by atoms with Crippen LogP contribution < -0.4 is 5.43 Å². The first kappa shape index (κ1) is 35.7. The van der Waals surface area contributed by atoms with Crippen molar-refractivity contribution in [1.82, 2.24) is 39.9 Å². The number of aliphatic hydroxyl groups excluding tert-OH is 1. The quantitative estimate of drug-likeness (QED) is 0.313. The lowest BCUT2D eigenvalue weighted by atomic mass is 9.90. The lowest BCUT2D eigenvalue weighted by Gasteiger charge is -2.41. The van der Waals surface area contributed by atoms with Crippen LogP contribution in [-0.2, 0) is 16.9 Å². The second kappa shape index (κ2) is 15.1. The van der Waals surface area contributed by atoms with Gasteiger partial charge >= 0.3 is 6.03 Å². The molecule has 5 atom stereocenters. The predicted octanol–water partition coefficient (Wildman–Crippen LogP) is 5.46. The molecule has 3 aliphatic heterocycles. The Hall–Kier alpha value is -3.72. The van der Waals surface area contributed by atoms with Crippen LogP contribution in [0.15, 0.2) is 77.8 Å². The van der Waals surface area contributed by atoms with E-state index in [1.807, 2.05) is 18.7 Å². The molecule has 4 heterocycles. The van der Waals surface area contributed by atoms with Gasteiger partial charge in [0.1, 0.15) is 41.5 Å². The first-order valence-corrected chi connectivity index (χ1v) is 19.1. The van der Waals surface area contributed by atoms with Crippen LogP contribution in [0, 0.1) is 11.6 Å². The van der Waals surface area contributed by atoms with Gasteiger partial charge in [-0.25, -0.2) is 28.7 Å². The van der Waals surface area contributed by atoms with Crippen molar-refractivity contribution in [3.8, 4) is 0 Å². The van der Waals surface area contributed by atoms with E-state index < -0.39 is 23.3 Å². The molecule has 11 nitrogen and oxygen atoms in total. The Balaban J connectivity index is 0.905. The van der Waals surface area contributed by atoms with Gasteiger partial charge in [0, 0.05) is 60.7 Å². The molecule has 3 saturated heterocycles. The molecule has 1 aromatic heterocycles. The van der Waals surface area contributed by atoms with Gasteiger partial charge in [0.15, 0.2) is 0 Å². The number of hydrogen-bond acceptors (Lipinski definition) is 9. The van der Waals surface area contributed by atoms with Crippen molar-refractivity contribution in [3.63, 3.8) is 0 Å². The van der Waals surface area contributed by atoms with Gasteiger partial charge in [-0.3, -0.25) is 9.91 Å². The van der Waals surface area contributed by atoms with Crippen molar-refractivity contribution in [1.29, 1.82) is 0 Å². The van der Waals surface area contributed by atoms with Gasteiger partial charge < -0.3 is 19.6 Å². The summed E-state index contributed by atoms with van der Waals surface area (Å²) in [6, 6.07) is 3.28. The third kappa shape index (κ3) is 7.60. The van der Waals surface area contributed by atoms with Crippen LogP contribution in [0.2, 0.25) is 0 Å². The number of ether oxygens (including phenoxy) is 1. The number of carbonyl (C=O) groups excluding carboxylic acids is 1. The Morgan fingerprint density at radius 3 is 2.31 bits per heavy atom. The second-order valence-corrected chi connectivity index (χ2v) is 15.3. The summed E-state index contributed by atoms with van der Waals surface area (Å²) in [5.41, 5.74) is 7.59. The molecule has 2 N–H and O–H groups in total. The molecule has 0 spiro atoms. The first-order valence-electron chi connectivity index (χ1n) is 18.0. The van der Waals surface area contributed by atoms with E-state index in [1.54, 1.807) is 34.7 Å². The Labute approximate surface area is 302 Å². The number of allylic oxidation sites excluding steroid dienone is 7. The number of aliphatic hydroxyl groups is 1. The number of amides is 2. The molecule has 2 aliphatic carbocycles. The van der Waals surface area contributed by atoms with Crippen LogP contribution >= 0.6 is 11.8 Å². The van der Waals surface area contributed by atoms with E-state index in [0.717, 1.165) is 75.8 Å². The highest BCUT2D eigenvalue weighted by atomic mass is 32.2. The lowest BCUT2D eigenvalue weighted by molar-refractivity contribution is -0.0317. The molecule has 7 rings (SSSR count). The van der Waals surface area contributed by atoms with E-state index in [9.17, 15) is 14.3 Å². The molecule has 2 aromatic rings. The zero-order valence-corrected chi connectivity index (χ0v) is 30.4. The minimum Gasteiger partial charge on any atom is -0.391 e. The molecule has 3 fully saturated rings. The fourth-order valence-corrected chi connectivity index (χ4v) is 8.94. The van der Waals surface area contributed by atoms with Crippen molar-refractivity contribution in [3.05, 3.63) is 95.0 Å². The summed E-state index contributed by atoms with van der Waals surface area (Å²) >= 11 is 1.74. The molecule has 0 bridgehead atoms. The van der Waals surface area contributed by atoms with Crippen LogP contribution in [0.3, 0.4) is 0 Å². The maximum absolute atomic E-state index is 15.0. The highest BCUT2D eigenvalue weighted by Crippen LogP contribution is 2.45. The summed E-state index contributed by atoms with van der Waals surface area (Å²) in [7, 11) is 0. The maximum Gasteiger partial charge on any atom is 0.340 e. The molecule has 51 heavy (non-hydrogen) atoms. The molecule has 5 unspecified atom stereocenters. The summed E-state index contributed by atoms with van der Waals surface area (Å²) in [5, 5.41) is 15.8. The highest BCUT2D eigenvalue weighted by molar-refractivity contribution is 7.99. The first-order chi connectivity index (χ1) is 24.6. The number of urea groups is 1. The number of benzene rings is 1. The average molecular weight is 723 g/mol. The highest BCUT2D eigenvalue weighted by Gasteiger charge is 2.45. The number of rotatable bonds is 11. The monoisotopic (exact) mass is 722 g/mol. The summed E-state index contributed by atoms with van der Waals surface area (Å²) in [4.78, 5) is 24.0. The smallest absolute Gasteiger partial charge is 0.340 e. The number of halogens is 2. The Kier molecular flexibility index (Phi) is 10.6. The molecule has 0 radical (unpaired) electrons. The number of nitrogens with zero attached hydrogens (tertiary/aromatic N) is 7. The van der Waals surface area contributed by atoms with Gasteiger partial charge in [-0.05, 0) is 83.6 Å². The van der Waals surface area contributed by atoms with Crippen LogP contribution in [0.25, 0.3) is 0 Å². The van der Waals surface area contributed by atoms with Gasteiger partial charge in [-0.1, -0.05) is 17.7 Å². The van der Waals surface area contributed by atoms with Crippen LogP contribution in [0.1, 0.15) is 64.9 Å². The average Bonchev–Trinajstić information content (AvgIpc) is 3.87. The van der Waals surface area contributed by atoms with E-state index in [4.69, 9.17) is 4.74 Å². The lowest BCUT2D eigenvalue weighted by Crippen LogP contribution is -2.47. The van der Waals surface area contributed by atoms with Crippen LogP contribution in [0.4, 0.5) is 13.6 Å². The molecule has 274 valence electrons. The fraction of sp³-hybridized carbons (Fsp3) is 0.541. The standard InChI is InChI=1S/C37H48F2N8O3S/c1-25(26(2)48)47-36(49)46(27(3)42-47)32-11-9-31(10-12-32)44-18-16-43(17-19-44)30-7-4-28(5-8-30)21-51-35-14-15-37(50-35,22-45-24-40-23-41-45)33-13-6-29(38)20-34(33)39/h4,6-7,9,11,13,20,23-27,35,42,48H,5,8,10,12,14-19,21-22H2,1-3H3. The van der Waals surface area contributed by atoms with Gasteiger partial charge in [-0.15, -0.1) is 11.8 Å². The van der Waals surface area contributed by atoms with Crippen molar-refractivity contribution in [2.75, 3.05) is 31.9 Å². The molecule has 2 amide bonds. The summed E-state index contributed by atoms with van der Waals surface area (Å²) in [5.74, 6) is -0.368. The van der Waals surface area contributed by atoms with Crippen molar-refractivity contribution < 1.29 is 23.4 Å². The number of piperazine rings is 1. The molecular weight excluding hydrogens is 675 g/mol. The molecule has 0 saturated carbocycles. The molecule has 14 heteroatoms. The van der Waals surface area contributed by atoms with Crippen LogP contribution in [0.5, 0.6) is 0 Å². The summed E-state index contributed by atoms with van der Waals surface area (Å²) in [6.45, 7) is 9.69. The van der Waals surface area contributed by atoms with E-state index in [1.165, 1.54) is 35.4 Å². The van der Waals surface area contributed by atoms with E-state index in [2.05, 4.69) is 49.6 Å². The molecule has 5 aliphatic rings. The largest absolute Gasteiger partial charge is 0.391 e. The second-order valence-electron chi connectivity index (χ2n) is 14.2. The number of hydrogen-bond donors (Lipinski definition) is 2. The summed E-state index contributed by atoms with van der Waals surface area (Å²) < 4.78 is 37.0. The number of nitrogens with one attached hydrogen (secondary N) is 1. The molecular formula is C37H48F2N8O3S. The zero-order chi connectivity index (χ0) is 35.7. The maximum atomic E-state index is 15.0. The Morgan fingerprint density at radius 1 is 1.02 bits per heavy atom. The fourth-order valence-electron chi connectivity index (χ4n) is 7.76. The SMILES string of the molecule is CC(O)C(C)N1NC(C)N(C2=CC=C(N3CCN(C4=CC=C(CSC5CCC(Cn6cncn6)(c6ccc(F)cc6F)O5)CC4)CC3)CC2)C1=O. The van der Waals surface area contributed by atoms with Crippen LogP contribution in [-0.4, -0.2) is 101 Å². The minimum absolute atomic E-state index is 0.110. The van der Waals surface area contributed by atoms with E-state index in [0.29, 0.717) is 18.5 Å². The number of aromatic nitrogens is 3. The van der Waals surface area contributed by atoms with E-state index >= 15 is 4.39 Å². The van der Waals surface area contributed by atoms with Gasteiger partial charge in [0.05, 0.1) is 18.7 Å². The number of hydrazine groups is 1. The minimum atomic E-state index is -0.936. The number of thioether (sulfide) groups is 1. The van der Waals surface area contributed by atoms with Crippen molar-refractivity contribution in [2.45, 2.75) is 95.2 Å². The summed E-state index contributed by atoms with van der Waals surface area (Å²) in [6.07, 6.45) is 16.1. The third-order valence-corrected chi connectivity index (χ3v) is 12.1.